The molecule has 0 aromatic carbocycles. The first-order valence-corrected chi connectivity index (χ1v) is 8.15. The lowest BCUT2D eigenvalue weighted by atomic mass is 9.97. The highest BCUT2D eigenvalue weighted by molar-refractivity contribution is 5.81. The van der Waals surface area contributed by atoms with Gasteiger partial charge in [-0.1, -0.05) is 18.6 Å². The molecule has 120 valence electrons. The summed E-state index contributed by atoms with van der Waals surface area (Å²) in [6, 6.07) is 0. The molecule has 0 radical (unpaired) electrons. The Labute approximate surface area is 128 Å². The predicted octanol–water partition coefficient (Wildman–Crippen LogP) is 1.96. The smallest absolute Gasteiger partial charge is 0.221 e. The summed E-state index contributed by atoms with van der Waals surface area (Å²) in [6.45, 7) is 4.30. The Kier molecular flexibility index (Phi) is 9.33. The number of carbonyl (C=O) groups excluding carboxylic acids is 1. The Morgan fingerprint density at radius 1 is 1.19 bits per heavy atom. The Morgan fingerprint density at radius 3 is 2.67 bits per heavy atom. The number of amides is 1. The van der Waals surface area contributed by atoms with Gasteiger partial charge in [0.05, 0.1) is 0 Å². The Bertz CT molecular complexity index is 363. The molecule has 1 aliphatic rings. The highest BCUT2D eigenvalue weighted by Crippen LogP contribution is 2.19. The van der Waals surface area contributed by atoms with Crippen LogP contribution in [0, 0.1) is 0 Å². The number of nitrogens with one attached hydrogen (secondary N) is 3. The van der Waals surface area contributed by atoms with Crippen molar-refractivity contribution in [2.45, 2.75) is 51.9 Å². The van der Waals surface area contributed by atoms with Crippen molar-refractivity contribution in [1.82, 2.24) is 16.0 Å². The van der Waals surface area contributed by atoms with Gasteiger partial charge in [0.15, 0.2) is 5.96 Å². The lowest BCUT2D eigenvalue weighted by molar-refractivity contribution is -0.120. The first-order valence-electron chi connectivity index (χ1n) is 8.15. The quantitative estimate of drug-likeness (QED) is 0.364. The second kappa shape index (κ2) is 11.2. The average molecular weight is 294 g/mol. The topological polar surface area (TPSA) is 65.5 Å². The van der Waals surface area contributed by atoms with Crippen LogP contribution in [0.4, 0.5) is 0 Å². The second-order valence-corrected chi connectivity index (χ2v) is 5.38. The van der Waals surface area contributed by atoms with Gasteiger partial charge >= 0.3 is 0 Å². The minimum Gasteiger partial charge on any atom is -0.356 e. The van der Waals surface area contributed by atoms with Gasteiger partial charge in [0.25, 0.3) is 0 Å². The maximum atomic E-state index is 11.5. The van der Waals surface area contributed by atoms with E-state index in [2.05, 4.69) is 27.0 Å². The van der Waals surface area contributed by atoms with Crippen molar-refractivity contribution >= 4 is 11.9 Å². The van der Waals surface area contributed by atoms with Gasteiger partial charge in [0.1, 0.15) is 0 Å². The summed E-state index contributed by atoms with van der Waals surface area (Å²) >= 11 is 0. The number of nitrogens with zero attached hydrogens (tertiary/aromatic N) is 1. The normalized spacial score (nSPS) is 15.3. The van der Waals surface area contributed by atoms with Crippen LogP contribution in [-0.4, -0.2) is 38.5 Å². The molecular formula is C16H30N4O. The molecule has 1 rings (SSSR count). The number of carbonyl (C=O) groups is 1. The number of hydrogen-bond acceptors (Lipinski definition) is 2. The number of aliphatic imine (C=N–C) groups is 1. The molecule has 0 bridgehead atoms. The average Bonchev–Trinajstić information content (AvgIpc) is 2.52. The zero-order chi connectivity index (χ0) is 15.3. The molecule has 5 nitrogen and oxygen atoms in total. The molecule has 0 spiro atoms. The highest BCUT2D eigenvalue weighted by atomic mass is 16.1. The molecule has 0 saturated heterocycles. The van der Waals surface area contributed by atoms with Crippen LogP contribution in [-0.2, 0) is 4.79 Å². The molecule has 0 unspecified atom stereocenters. The van der Waals surface area contributed by atoms with Crippen molar-refractivity contribution in [3.63, 3.8) is 0 Å². The molecule has 0 aromatic rings. The molecule has 5 heteroatoms. The van der Waals surface area contributed by atoms with E-state index in [1.54, 1.807) is 12.6 Å². The molecule has 1 amide bonds. The molecule has 0 atom stereocenters. The van der Waals surface area contributed by atoms with Crippen molar-refractivity contribution in [3.05, 3.63) is 11.6 Å². The SMILES string of the molecule is CCCNC(=O)CCNC(=NC)NCCC1=CCCCC1. The minimum absolute atomic E-state index is 0.0900. The van der Waals surface area contributed by atoms with Crippen molar-refractivity contribution in [2.24, 2.45) is 4.99 Å². The maximum Gasteiger partial charge on any atom is 0.221 e. The van der Waals surface area contributed by atoms with E-state index in [1.807, 2.05) is 6.92 Å². The van der Waals surface area contributed by atoms with Crippen LogP contribution in [0.15, 0.2) is 16.6 Å². The van der Waals surface area contributed by atoms with E-state index in [0.29, 0.717) is 13.0 Å². The zero-order valence-corrected chi connectivity index (χ0v) is 13.5. The lowest BCUT2D eigenvalue weighted by Gasteiger charge is -2.15. The summed E-state index contributed by atoms with van der Waals surface area (Å²) in [7, 11) is 1.76. The molecule has 0 aromatic heterocycles. The Hall–Kier alpha value is -1.52. The lowest BCUT2D eigenvalue weighted by Crippen LogP contribution is -2.39. The monoisotopic (exact) mass is 294 g/mol. The molecule has 0 heterocycles. The van der Waals surface area contributed by atoms with Crippen LogP contribution in [0.5, 0.6) is 0 Å². The van der Waals surface area contributed by atoms with Crippen LogP contribution in [0.2, 0.25) is 0 Å². The van der Waals surface area contributed by atoms with Gasteiger partial charge < -0.3 is 16.0 Å². The zero-order valence-electron chi connectivity index (χ0n) is 13.5. The molecule has 3 N–H and O–H groups in total. The predicted molar refractivity (Wildman–Crippen MR) is 88.5 cm³/mol. The summed E-state index contributed by atoms with van der Waals surface area (Å²) in [5.41, 5.74) is 1.56. The summed E-state index contributed by atoms with van der Waals surface area (Å²) < 4.78 is 0. The fourth-order valence-corrected chi connectivity index (χ4v) is 2.34. The van der Waals surface area contributed by atoms with Gasteiger partial charge in [-0.05, 0) is 38.5 Å². The Morgan fingerprint density at radius 2 is 2.00 bits per heavy atom. The van der Waals surface area contributed by atoms with Gasteiger partial charge in [-0.3, -0.25) is 9.79 Å². The van der Waals surface area contributed by atoms with Crippen LogP contribution >= 0.6 is 0 Å². The van der Waals surface area contributed by atoms with Crippen molar-refractivity contribution in [1.29, 1.82) is 0 Å². The molecule has 1 aliphatic carbocycles. The molecule has 0 aliphatic heterocycles. The van der Waals surface area contributed by atoms with E-state index in [4.69, 9.17) is 0 Å². The fourth-order valence-electron chi connectivity index (χ4n) is 2.34. The summed E-state index contributed by atoms with van der Waals surface area (Å²) in [4.78, 5) is 15.6. The highest BCUT2D eigenvalue weighted by Gasteiger charge is 2.04. The summed E-state index contributed by atoms with van der Waals surface area (Å²) in [5, 5.41) is 9.34. The first-order chi connectivity index (χ1) is 10.3. The molecule has 21 heavy (non-hydrogen) atoms. The van der Waals surface area contributed by atoms with Gasteiger partial charge in [-0.15, -0.1) is 0 Å². The van der Waals surface area contributed by atoms with Gasteiger partial charge in [-0.25, -0.2) is 0 Å². The van der Waals surface area contributed by atoms with Crippen LogP contribution in [0.1, 0.15) is 51.9 Å². The van der Waals surface area contributed by atoms with Crippen molar-refractivity contribution < 1.29 is 4.79 Å². The largest absolute Gasteiger partial charge is 0.356 e. The summed E-state index contributed by atoms with van der Waals surface area (Å²) in [6.07, 6.45) is 10.0. The third-order valence-corrected chi connectivity index (χ3v) is 3.56. The number of guanidine groups is 1. The first kappa shape index (κ1) is 17.5. The van der Waals surface area contributed by atoms with Gasteiger partial charge in [0.2, 0.25) is 5.91 Å². The second-order valence-electron chi connectivity index (χ2n) is 5.38. The minimum atomic E-state index is 0.0900. The maximum absolute atomic E-state index is 11.5. The van der Waals surface area contributed by atoms with Gasteiger partial charge in [0, 0.05) is 33.1 Å². The fraction of sp³-hybridized carbons (Fsp3) is 0.750. The molecule has 0 saturated carbocycles. The van der Waals surface area contributed by atoms with Gasteiger partial charge in [-0.2, -0.15) is 0 Å². The molecule has 0 fully saturated rings. The van der Waals surface area contributed by atoms with Crippen molar-refractivity contribution in [2.75, 3.05) is 26.7 Å². The van der Waals surface area contributed by atoms with E-state index in [9.17, 15) is 4.79 Å². The number of hydrogen-bond donors (Lipinski definition) is 3. The number of allylic oxidation sites excluding steroid dienone is 1. The third kappa shape index (κ3) is 8.38. The van der Waals surface area contributed by atoms with Crippen LogP contribution in [0.25, 0.3) is 0 Å². The standard InChI is InChI=1S/C16H30N4O/c1-3-11-18-15(21)10-13-20-16(17-2)19-12-9-14-7-5-4-6-8-14/h7H,3-6,8-13H2,1-2H3,(H,18,21)(H2,17,19,20). The van der Waals surface area contributed by atoms with E-state index < -0.39 is 0 Å². The van der Waals surface area contributed by atoms with E-state index in [0.717, 1.165) is 31.9 Å². The van der Waals surface area contributed by atoms with Crippen LogP contribution in [0.3, 0.4) is 0 Å². The third-order valence-electron chi connectivity index (χ3n) is 3.56. The van der Waals surface area contributed by atoms with E-state index >= 15 is 0 Å². The van der Waals surface area contributed by atoms with E-state index in [1.165, 1.54) is 25.7 Å². The van der Waals surface area contributed by atoms with Crippen molar-refractivity contribution in [3.8, 4) is 0 Å². The number of rotatable bonds is 8. The van der Waals surface area contributed by atoms with Crippen LogP contribution < -0.4 is 16.0 Å². The van der Waals surface area contributed by atoms with E-state index in [-0.39, 0.29) is 5.91 Å². The molecular weight excluding hydrogens is 264 g/mol. The Balaban J connectivity index is 2.11. The summed E-state index contributed by atoms with van der Waals surface area (Å²) in [5.74, 6) is 0.863.